The largest absolute Gasteiger partial charge is 0.399 e. The van der Waals surface area contributed by atoms with E-state index in [1.807, 2.05) is 24.5 Å². The SMILES string of the molecule is C=C(N)c1cc(SC)ccc1NCC=NCc1ccc(CC(F)(F)F)cc1. The Morgan fingerprint density at radius 3 is 2.44 bits per heavy atom. The van der Waals surface area contributed by atoms with E-state index in [0.29, 0.717) is 18.8 Å². The molecule has 0 heterocycles. The zero-order chi connectivity index (χ0) is 19.9. The molecule has 0 radical (unpaired) electrons. The molecule has 3 N–H and O–H groups in total. The van der Waals surface area contributed by atoms with Crippen LogP contribution in [0.1, 0.15) is 16.7 Å². The van der Waals surface area contributed by atoms with Crippen LogP contribution in [0.5, 0.6) is 0 Å². The fraction of sp³-hybridized carbons (Fsp3) is 0.250. The van der Waals surface area contributed by atoms with Crippen LogP contribution in [-0.4, -0.2) is 25.2 Å². The minimum absolute atomic E-state index is 0.250. The van der Waals surface area contributed by atoms with Crippen molar-refractivity contribution in [3.05, 3.63) is 65.7 Å². The van der Waals surface area contributed by atoms with Crippen molar-refractivity contribution in [2.75, 3.05) is 18.1 Å². The van der Waals surface area contributed by atoms with Crippen LogP contribution < -0.4 is 11.1 Å². The van der Waals surface area contributed by atoms with Gasteiger partial charge in [-0.2, -0.15) is 13.2 Å². The second-order valence-corrected chi connectivity index (χ2v) is 6.83. The predicted octanol–water partition coefficient (Wildman–Crippen LogP) is 5.13. The second kappa shape index (κ2) is 9.50. The third-order valence-corrected chi connectivity index (χ3v) is 4.51. The van der Waals surface area contributed by atoms with Crippen molar-refractivity contribution in [3.63, 3.8) is 0 Å². The number of anilines is 1. The first kappa shape index (κ1) is 20.9. The summed E-state index contributed by atoms with van der Waals surface area (Å²) in [5, 5.41) is 3.24. The van der Waals surface area contributed by atoms with E-state index in [0.717, 1.165) is 21.7 Å². The fourth-order valence-corrected chi connectivity index (χ4v) is 2.89. The predicted molar refractivity (Wildman–Crippen MR) is 108 cm³/mol. The molecule has 0 fully saturated rings. The smallest absolute Gasteiger partial charge is 0.393 e. The number of nitrogens with zero attached hydrogens (tertiary/aromatic N) is 1. The van der Waals surface area contributed by atoms with Crippen LogP contribution in [0, 0.1) is 0 Å². The number of nitrogens with one attached hydrogen (secondary N) is 1. The zero-order valence-corrected chi connectivity index (χ0v) is 15.8. The molecule has 0 spiro atoms. The number of hydrogen-bond acceptors (Lipinski definition) is 4. The molecule has 0 atom stereocenters. The Kier molecular flexibility index (Phi) is 7.36. The lowest BCUT2D eigenvalue weighted by Crippen LogP contribution is -2.11. The number of benzene rings is 2. The Balaban J connectivity index is 1.87. The fourth-order valence-electron chi connectivity index (χ4n) is 2.45. The standard InChI is InChI=1S/C20H22F3N3S/c1-14(24)18-11-17(27-2)7-8-19(18)26-10-9-25-13-16-5-3-15(4-6-16)12-20(21,22)23/h3-9,11,26H,1,10,12-13,24H2,2H3. The Hall–Kier alpha value is -2.41. The minimum atomic E-state index is -4.19. The van der Waals surface area contributed by atoms with E-state index in [4.69, 9.17) is 5.73 Å². The first-order valence-corrected chi connectivity index (χ1v) is 9.50. The van der Waals surface area contributed by atoms with E-state index in [9.17, 15) is 13.2 Å². The van der Waals surface area contributed by atoms with Gasteiger partial charge in [0.15, 0.2) is 0 Å². The summed E-state index contributed by atoms with van der Waals surface area (Å²) >= 11 is 1.63. The molecule has 0 aromatic heterocycles. The number of thioether (sulfide) groups is 1. The normalized spacial score (nSPS) is 11.7. The maximum absolute atomic E-state index is 12.3. The van der Waals surface area contributed by atoms with Gasteiger partial charge in [-0.3, -0.25) is 4.99 Å². The molecule has 3 nitrogen and oxygen atoms in total. The van der Waals surface area contributed by atoms with E-state index in [1.54, 1.807) is 30.1 Å². The molecule has 2 aromatic rings. The van der Waals surface area contributed by atoms with Crippen molar-refractivity contribution in [2.24, 2.45) is 10.7 Å². The summed E-state index contributed by atoms with van der Waals surface area (Å²) < 4.78 is 37.0. The summed E-state index contributed by atoms with van der Waals surface area (Å²) in [4.78, 5) is 5.40. The Bertz CT molecular complexity index is 799. The molecule has 2 aromatic carbocycles. The minimum Gasteiger partial charge on any atom is -0.399 e. The van der Waals surface area contributed by atoms with Crippen LogP contribution in [0.25, 0.3) is 5.70 Å². The second-order valence-electron chi connectivity index (χ2n) is 5.95. The molecule has 2 rings (SSSR count). The topological polar surface area (TPSA) is 50.4 Å². The van der Waals surface area contributed by atoms with E-state index in [2.05, 4.69) is 16.9 Å². The summed E-state index contributed by atoms with van der Waals surface area (Å²) in [6.07, 6.45) is -1.37. The summed E-state index contributed by atoms with van der Waals surface area (Å²) in [5.74, 6) is 0. The monoisotopic (exact) mass is 393 g/mol. The highest BCUT2D eigenvalue weighted by atomic mass is 32.2. The maximum atomic E-state index is 12.3. The zero-order valence-electron chi connectivity index (χ0n) is 15.0. The van der Waals surface area contributed by atoms with Gasteiger partial charge in [-0.05, 0) is 35.6 Å². The van der Waals surface area contributed by atoms with Crippen LogP contribution in [0.3, 0.4) is 0 Å². The van der Waals surface area contributed by atoms with Gasteiger partial charge in [-0.25, -0.2) is 0 Å². The van der Waals surface area contributed by atoms with Gasteiger partial charge in [-0.1, -0.05) is 30.8 Å². The quantitative estimate of drug-likeness (QED) is 0.483. The lowest BCUT2D eigenvalue weighted by molar-refractivity contribution is -0.127. The lowest BCUT2D eigenvalue weighted by Gasteiger charge is -2.11. The van der Waals surface area contributed by atoms with Crippen molar-refractivity contribution < 1.29 is 13.2 Å². The van der Waals surface area contributed by atoms with Crippen molar-refractivity contribution in [1.82, 2.24) is 0 Å². The molecule has 0 amide bonds. The summed E-state index contributed by atoms with van der Waals surface area (Å²) in [5.41, 5.74) is 9.18. The van der Waals surface area contributed by atoms with Crippen molar-refractivity contribution >= 4 is 29.4 Å². The average Bonchev–Trinajstić information content (AvgIpc) is 2.61. The molecule has 0 aliphatic carbocycles. The first-order valence-electron chi connectivity index (χ1n) is 8.28. The first-order chi connectivity index (χ1) is 12.8. The molecule has 0 aliphatic heterocycles. The van der Waals surface area contributed by atoms with Crippen LogP contribution in [0.15, 0.2) is 58.9 Å². The molecule has 0 saturated carbocycles. The number of halogens is 3. The van der Waals surface area contributed by atoms with Crippen molar-refractivity contribution in [2.45, 2.75) is 24.0 Å². The molecular formula is C20H22F3N3S. The highest BCUT2D eigenvalue weighted by Gasteiger charge is 2.27. The number of alkyl halides is 3. The van der Waals surface area contributed by atoms with Crippen LogP contribution in [-0.2, 0) is 13.0 Å². The van der Waals surface area contributed by atoms with Crippen LogP contribution in [0.2, 0.25) is 0 Å². The van der Waals surface area contributed by atoms with Crippen LogP contribution >= 0.6 is 11.8 Å². The average molecular weight is 393 g/mol. The molecule has 0 bridgehead atoms. The van der Waals surface area contributed by atoms with Crippen molar-refractivity contribution in [1.29, 1.82) is 0 Å². The third-order valence-electron chi connectivity index (χ3n) is 3.79. The van der Waals surface area contributed by atoms with Gasteiger partial charge < -0.3 is 11.1 Å². The van der Waals surface area contributed by atoms with Gasteiger partial charge in [0.2, 0.25) is 0 Å². The molecule has 0 aliphatic rings. The Morgan fingerprint density at radius 2 is 1.85 bits per heavy atom. The number of nitrogens with two attached hydrogens (primary N) is 1. The summed E-state index contributed by atoms with van der Waals surface area (Å²) in [7, 11) is 0. The number of hydrogen-bond donors (Lipinski definition) is 2. The van der Waals surface area contributed by atoms with Gasteiger partial charge in [-0.15, -0.1) is 11.8 Å². The van der Waals surface area contributed by atoms with Gasteiger partial charge in [0.1, 0.15) is 0 Å². The van der Waals surface area contributed by atoms with Gasteiger partial charge in [0, 0.05) is 34.6 Å². The van der Waals surface area contributed by atoms with Gasteiger partial charge >= 0.3 is 6.18 Å². The highest BCUT2D eigenvalue weighted by Crippen LogP contribution is 2.26. The van der Waals surface area contributed by atoms with E-state index < -0.39 is 12.6 Å². The molecule has 7 heteroatoms. The molecule has 27 heavy (non-hydrogen) atoms. The van der Waals surface area contributed by atoms with E-state index in [1.165, 1.54) is 12.1 Å². The third kappa shape index (κ3) is 7.02. The number of rotatable bonds is 8. The van der Waals surface area contributed by atoms with Gasteiger partial charge in [0.05, 0.1) is 13.0 Å². The van der Waals surface area contributed by atoms with E-state index >= 15 is 0 Å². The summed E-state index contributed by atoms with van der Waals surface area (Å²) in [6.45, 7) is 4.72. The van der Waals surface area contributed by atoms with Gasteiger partial charge in [0.25, 0.3) is 0 Å². The number of aliphatic imine (C=N–C) groups is 1. The van der Waals surface area contributed by atoms with Crippen molar-refractivity contribution in [3.8, 4) is 0 Å². The van der Waals surface area contributed by atoms with Crippen LogP contribution in [0.4, 0.5) is 18.9 Å². The summed E-state index contributed by atoms with van der Waals surface area (Å²) in [6, 6.07) is 12.2. The molecular weight excluding hydrogens is 371 g/mol. The maximum Gasteiger partial charge on any atom is 0.393 e. The highest BCUT2D eigenvalue weighted by molar-refractivity contribution is 7.98. The van der Waals surface area contributed by atoms with E-state index in [-0.39, 0.29) is 5.56 Å². The Labute approximate surface area is 161 Å². The lowest BCUT2D eigenvalue weighted by atomic mass is 10.1. The Morgan fingerprint density at radius 1 is 1.19 bits per heavy atom. The molecule has 144 valence electrons. The molecule has 0 unspecified atom stereocenters. The molecule has 0 saturated heterocycles.